The predicted molar refractivity (Wildman–Crippen MR) is 99.1 cm³/mol. The number of allylic oxidation sites excluding steroid dienone is 1. The van der Waals surface area contributed by atoms with Gasteiger partial charge in [-0.15, -0.1) is 12.4 Å². The molecule has 1 aromatic carbocycles. The zero-order chi connectivity index (χ0) is 16.7. The van der Waals surface area contributed by atoms with Crippen LogP contribution < -0.4 is 4.74 Å². The number of benzene rings is 1. The average Bonchev–Trinajstić information content (AvgIpc) is 2.55. The summed E-state index contributed by atoms with van der Waals surface area (Å²) in [7, 11) is 2.12. The molecule has 1 N–H and O–H groups in total. The van der Waals surface area contributed by atoms with Crippen molar-refractivity contribution in [1.82, 2.24) is 9.80 Å². The SMILES string of the molecule is CCOc1cc(C=CC(=O)CCN2CCN(C)CC2)ccc1O.Cl. The number of aromatic hydroxyl groups is 1. The molecule has 0 aromatic heterocycles. The summed E-state index contributed by atoms with van der Waals surface area (Å²) < 4.78 is 5.34. The van der Waals surface area contributed by atoms with E-state index in [9.17, 15) is 9.90 Å². The molecule has 24 heavy (non-hydrogen) atoms. The number of ketones is 1. The highest BCUT2D eigenvalue weighted by molar-refractivity contribution is 5.93. The second kappa shape index (κ2) is 10.3. The van der Waals surface area contributed by atoms with Gasteiger partial charge in [0.05, 0.1) is 6.61 Å². The highest BCUT2D eigenvalue weighted by atomic mass is 35.5. The normalized spacial score (nSPS) is 16.1. The molecule has 134 valence electrons. The zero-order valence-corrected chi connectivity index (χ0v) is 15.2. The summed E-state index contributed by atoms with van der Waals surface area (Å²) in [5.41, 5.74) is 0.846. The lowest BCUT2D eigenvalue weighted by atomic mass is 10.1. The Balaban J connectivity index is 0.00000288. The van der Waals surface area contributed by atoms with E-state index in [1.807, 2.05) is 6.92 Å². The molecule has 0 unspecified atom stereocenters. The van der Waals surface area contributed by atoms with Crippen molar-refractivity contribution >= 4 is 24.3 Å². The molecule has 0 saturated carbocycles. The molecule has 1 fully saturated rings. The number of hydrogen-bond acceptors (Lipinski definition) is 5. The minimum Gasteiger partial charge on any atom is -0.504 e. The van der Waals surface area contributed by atoms with Crippen molar-refractivity contribution in [1.29, 1.82) is 0 Å². The molecule has 1 aromatic rings. The Morgan fingerprint density at radius 1 is 1.29 bits per heavy atom. The maximum atomic E-state index is 12.0. The van der Waals surface area contributed by atoms with Crippen LogP contribution in [0.5, 0.6) is 11.5 Å². The van der Waals surface area contributed by atoms with E-state index >= 15 is 0 Å². The maximum absolute atomic E-state index is 12.0. The van der Waals surface area contributed by atoms with Gasteiger partial charge in [0, 0.05) is 39.1 Å². The zero-order valence-electron chi connectivity index (χ0n) is 14.4. The minimum atomic E-state index is 0. The van der Waals surface area contributed by atoms with Crippen molar-refractivity contribution in [2.45, 2.75) is 13.3 Å². The van der Waals surface area contributed by atoms with Crippen LogP contribution in [-0.2, 0) is 4.79 Å². The minimum absolute atomic E-state index is 0. The van der Waals surface area contributed by atoms with Crippen LogP contribution in [0, 0.1) is 0 Å². The predicted octanol–water partition coefficient (Wildman–Crippen LogP) is 2.43. The summed E-state index contributed by atoms with van der Waals surface area (Å²) >= 11 is 0. The van der Waals surface area contributed by atoms with Gasteiger partial charge in [0.1, 0.15) is 0 Å². The summed E-state index contributed by atoms with van der Waals surface area (Å²) in [5.74, 6) is 0.680. The van der Waals surface area contributed by atoms with Gasteiger partial charge in [0.15, 0.2) is 17.3 Å². The van der Waals surface area contributed by atoms with Crippen molar-refractivity contribution < 1.29 is 14.6 Å². The molecule has 5 nitrogen and oxygen atoms in total. The Hall–Kier alpha value is -1.56. The second-order valence-corrected chi connectivity index (χ2v) is 5.85. The molecule has 6 heteroatoms. The molecule has 0 atom stereocenters. The third kappa shape index (κ3) is 6.51. The van der Waals surface area contributed by atoms with E-state index in [2.05, 4.69) is 16.8 Å². The molecule has 0 spiro atoms. The van der Waals surface area contributed by atoms with E-state index in [1.165, 1.54) is 0 Å². The molecule has 0 radical (unpaired) electrons. The number of carbonyl (C=O) groups excluding carboxylic acids is 1. The third-order valence-corrected chi connectivity index (χ3v) is 4.02. The monoisotopic (exact) mass is 354 g/mol. The van der Waals surface area contributed by atoms with E-state index in [1.54, 1.807) is 30.4 Å². The van der Waals surface area contributed by atoms with E-state index in [4.69, 9.17) is 4.74 Å². The highest BCUT2D eigenvalue weighted by Crippen LogP contribution is 2.27. The quantitative estimate of drug-likeness (QED) is 0.762. The molecule has 0 bridgehead atoms. The van der Waals surface area contributed by atoms with E-state index in [-0.39, 0.29) is 23.9 Å². The van der Waals surface area contributed by atoms with Crippen LogP contribution in [0.15, 0.2) is 24.3 Å². The Kier molecular flexibility index (Phi) is 8.82. The number of rotatable bonds is 7. The van der Waals surface area contributed by atoms with Crippen LogP contribution in [0.3, 0.4) is 0 Å². The van der Waals surface area contributed by atoms with Gasteiger partial charge in [-0.25, -0.2) is 0 Å². The number of carbonyl (C=O) groups is 1. The second-order valence-electron chi connectivity index (χ2n) is 5.85. The van der Waals surface area contributed by atoms with E-state index < -0.39 is 0 Å². The van der Waals surface area contributed by atoms with Crippen molar-refractivity contribution in [3.8, 4) is 11.5 Å². The smallest absolute Gasteiger partial charge is 0.161 e. The van der Waals surface area contributed by atoms with Gasteiger partial charge in [0.25, 0.3) is 0 Å². The number of phenolic OH excluding ortho intramolecular Hbond substituents is 1. The number of ether oxygens (including phenoxy) is 1. The number of halogens is 1. The molecule has 1 heterocycles. The summed E-state index contributed by atoms with van der Waals surface area (Å²) in [5, 5.41) is 9.67. The number of likely N-dealkylation sites (N-methyl/N-ethyl adjacent to an activating group) is 1. The Bertz CT molecular complexity index is 555. The first-order valence-electron chi connectivity index (χ1n) is 8.16. The van der Waals surface area contributed by atoms with Gasteiger partial charge in [-0.1, -0.05) is 12.1 Å². The fourth-order valence-corrected chi connectivity index (χ4v) is 2.52. The molecular formula is C18H27ClN2O3. The van der Waals surface area contributed by atoms with Gasteiger partial charge in [0.2, 0.25) is 0 Å². The largest absolute Gasteiger partial charge is 0.504 e. The van der Waals surface area contributed by atoms with Crippen LogP contribution in [0.1, 0.15) is 18.9 Å². The average molecular weight is 355 g/mol. The molecule has 0 aliphatic carbocycles. The lowest BCUT2D eigenvalue weighted by Gasteiger charge is -2.32. The van der Waals surface area contributed by atoms with Crippen LogP contribution >= 0.6 is 12.4 Å². The van der Waals surface area contributed by atoms with Gasteiger partial charge in [-0.2, -0.15) is 0 Å². The standard InChI is InChI=1S/C18H26N2O3.ClH/c1-3-23-18-14-15(5-7-17(18)22)4-6-16(21)8-9-20-12-10-19(2)11-13-20;/h4-7,14,22H,3,8-13H2,1-2H3;1H. The lowest BCUT2D eigenvalue weighted by Crippen LogP contribution is -2.44. The molecule has 0 amide bonds. The molecular weight excluding hydrogens is 328 g/mol. The van der Waals surface area contributed by atoms with E-state index in [0.717, 1.165) is 38.3 Å². The van der Waals surface area contributed by atoms with Gasteiger partial charge in [-0.3, -0.25) is 4.79 Å². The fourth-order valence-electron chi connectivity index (χ4n) is 2.52. The lowest BCUT2D eigenvalue weighted by molar-refractivity contribution is -0.114. The molecule has 1 aliphatic heterocycles. The van der Waals surface area contributed by atoms with Crippen LogP contribution in [0.2, 0.25) is 0 Å². The number of piperazine rings is 1. The number of phenols is 1. The van der Waals surface area contributed by atoms with Gasteiger partial charge in [-0.05, 0) is 37.7 Å². The van der Waals surface area contributed by atoms with Crippen molar-refractivity contribution in [3.05, 3.63) is 29.8 Å². The van der Waals surface area contributed by atoms with Crippen molar-refractivity contribution in [3.63, 3.8) is 0 Å². The summed E-state index contributed by atoms with van der Waals surface area (Å²) in [6.45, 7) is 7.37. The summed E-state index contributed by atoms with van der Waals surface area (Å²) in [6.07, 6.45) is 3.92. The molecule has 1 aliphatic rings. The number of nitrogens with zero attached hydrogens (tertiary/aromatic N) is 2. The maximum Gasteiger partial charge on any atom is 0.161 e. The van der Waals surface area contributed by atoms with Gasteiger partial charge < -0.3 is 19.6 Å². The summed E-state index contributed by atoms with van der Waals surface area (Å²) in [6, 6.07) is 5.09. The fraction of sp³-hybridized carbons (Fsp3) is 0.500. The Morgan fingerprint density at radius 3 is 2.67 bits per heavy atom. The van der Waals surface area contributed by atoms with Gasteiger partial charge >= 0.3 is 0 Å². The molecule has 2 rings (SSSR count). The first kappa shape index (κ1) is 20.5. The van der Waals surface area contributed by atoms with Crippen molar-refractivity contribution in [2.24, 2.45) is 0 Å². The Morgan fingerprint density at radius 2 is 2.00 bits per heavy atom. The summed E-state index contributed by atoms with van der Waals surface area (Å²) in [4.78, 5) is 16.6. The third-order valence-electron chi connectivity index (χ3n) is 4.02. The first-order chi connectivity index (χ1) is 11.1. The van der Waals surface area contributed by atoms with Crippen LogP contribution in [0.4, 0.5) is 0 Å². The van der Waals surface area contributed by atoms with Crippen LogP contribution in [-0.4, -0.2) is 67.1 Å². The first-order valence-corrected chi connectivity index (χ1v) is 8.16. The van der Waals surface area contributed by atoms with Crippen molar-refractivity contribution in [2.75, 3.05) is 46.4 Å². The Labute approximate surface area is 150 Å². The highest BCUT2D eigenvalue weighted by Gasteiger charge is 2.13. The van der Waals surface area contributed by atoms with Crippen LogP contribution in [0.25, 0.3) is 6.08 Å². The topological polar surface area (TPSA) is 53.0 Å². The van der Waals surface area contributed by atoms with E-state index in [0.29, 0.717) is 18.8 Å². The molecule has 1 saturated heterocycles. The number of hydrogen-bond donors (Lipinski definition) is 1.